The van der Waals surface area contributed by atoms with Crippen molar-refractivity contribution in [3.63, 3.8) is 0 Å². The van der Waals surface area contributed by atoms with E-state index in [0.717, 1.165) is 18.4 Å². The molecule has 1 aromatic heterocycles. The lowest BCUT2D eigenvalue weighted by Gasteiger charge is -2.32. The number of aliphatic imine (C=N–C) groups is 1. The third-order valence-corrected chi connectivity index (χ3v) is 3.98. The number of hydrogen-bond acceptors (Lipinski definition) is 5. The maximum Gasteiger partial charge on any atom is 0.410 e. The average molecular weight is 353 g/mol. The molecule has 1 saturated heterocycles. The van der Waals surface area contributed by atoms with Crippen LogP contribution in [-0.2, 0) is 4.74 Å². The predicted molar refractivity (Wildman–Crippen MR) is 96.8 cm³/mol. The normalized spacial score (nSPS) is 16.6. The Labute approximate surface area is 148 Å². The van der Waals surface area contributed by atoms with Gasteiger partial charge in [-0.1, -0.05) is 11.6 Å². The molecule has 2 heterocycles. The molecule has 7 heteroatoms. The van der Waals surface area contributed by atoms with Crippen molar-refractivity contribution in [3.05, 3.63) is 22.5 Å². The molecule has 0 spiro atoms. The predicted octanol–water partition coefficient (Wildman–Crippen LogP) is 3.44. The number of carbonyl (C=O) groups is 1. The fraction of sp³-hybridized carbons (Fsp3) is 0.588. The Morgan fingerprint density at radius 3 is 2.67 bits per heavy atom. The molecule has 132 valence electrons. The zero-order valence-electron chi connectivity index (χ0n) is 14.7. The van der Waals surface area contributed by atoms with Crippen LogP contribution in [0.5, 0.6) is 0 Å². The molecule has 0 bridgehead atoms. The number of ether oxygens (including phenoxy) is 1. The monoisotopic (exact) mass is 352 g/mol. The molecular weight excluding hydrogens is 328 g/mol. The first-order valence-electron chi connectivity index (χ1n) is 8.09. The zero-order valence-corrected chi connectivity index (χ0v) is 15.4. The Kier molecular flexibility index (Phi) is 5.70. The summed E-state index contributed by atoms with van der Waals surface area (Å²) >= 11 is 5.96. The molecule has 1 aromatic rings. The summed E-state index contributed by atoms with van der Waals surface area (Å²) in [5.41, 5.74) is 7.60. The van der Waals surface area contributed by atoms with E-state index < -0.39 is 5.60 Å². The maximum absolute atomic E-state index is 12.0. The number of carbonyl (C=O) groups excluding carboxylic acids is 1. The summed E-state index contributed by atoms with van der Waals surface area (Å²) in [6.07, 6.45) is 2.99. The smallest absolute Gasteiger partial charge is 0.410 e. The Morgan fingerprint density at radius 2 is 2.08 bits per heavy atom. The van der Waals surface area contributed by atoms with Crippen LogP contribution in [0.2, 0.25) is 5.15 Å². The van der Waals surface area contributed by atoms with E-state index in [2.05, 4.69) is 9.98 Å². The molecule has 0 atom stereocenters. The van der Waals surface area contributed by atoms with E-state index >= 15 is 0 Å². The number of amides is 1. The van der Waals surface area contributed by atoms with Gasteiger partial charge in [-0.2, -0.15) is 0 Å². The zero-order chi connectivity index (χ0) is 17.9. The lowest BCUT2D eigenvalue weighted by Crippen LogP contribution is -2.42. The van der Waals surface area contributed by atoms with Gasteiger partial charge in [0.1, 0.15) is 16.4 Å². The highest BCUT2D eigenvalue weighted by molar-refractivity contribution is 6.29. The number of likely N-dealkylation sites (tertiary alicyclic amines) is 1. The number of pyridine rings is 1. The first-order chi connectivity index (χ1) is 11.2. The fourth-order valence-corrected chi connectivity index (χ4v) is 2.72. The Hall–Kier alpha value is -1.82. The third-order valence-electron chi connectivity index (χ3n) is 3.79. The minimum absolute atomic E-state index is 0.143. The van der Waals surface area contributed by atoms with E-state index in [1.54, 1.807) is 17.2 Å². The minimum atomic E-state index is -0.473. The fourth-order valence-electron chi connectivity index (χ4n) is 2.46. The molecule has 0 radical (unpaired) electrons. The summed E-state index contributed by atoms with van der Waals surface area (Å²) in [5.74, 6) is 0. The number of aromatic nitrogens is 1. The number of nitrogen functional groups attached to an aromatic ring is 1. The molecular formula is C17H25ClN4O2. The second kappa shape index (κ2) is 7.38. The molecule has 0 aliphatic carbocycles. The number of nitrogens with two attached hydrogens (primary N) is 1. The Balaban J connectivity index is 1.93. The van der Waals surface area contributed by atoms with Crippen molar-refractivity contribution in [2.45, 2.75) is 52.2 Å². The van der Waals surface area contributed by atoms with Crippen molar-refractivity contribution >= 4 is 29.6 Å². The second-order valence-electron chi connectivity index (χ2n) is 7.04. The van der Waals surface area contributed by atoms with Gasteiger partial charge in [0, 0.05) is 19.3 Å². The highest BCUT2D eigenvalue weighted by Gasteiger charge is 2.26. The Morgan fingerprint density at radius 1 is 1.46 bits per heavy atom. The van der Waals surface area contributed by atoms with Gasteiger partial charge in [-0.3, -0.25) is 4.99 Å². The van der Waals surface area contributed by atoms with Gasteiger partial charge in [0.25, 0.3) is 0 Å². The van der Waals surface area contributed by atoms with E-state index in [1.807, 2.05) is 27.7 Å². The number of aryl methyl sites for hydroxylation is 1. The average Bonchev–Trinajstić information content (AvgIpc) is 2.48. The van der Waals surface area contributed by atoms with Gasteiger partial charge < -0.3 is 15.4 Å². The maximum atomic E-state index is 12.0. The highest BCUT2D eigenvalue weighted by Crippen LogP contribution is 2.20. The van der Waals surface area contributed by atoms with Gasteiger partial charge in [-0.25, -0.2) is 9.78 Å². The molecule has 24 heavy (non-hydrogen) atoms. The number of rotatable bonds is 2. The highest BCUT2D eigenvalue weighted by atomic mass is 35.5. The van der Waals surface area contributed by atoms with E-state index in [-0.39, 0.29) is 12.1 Å². The summed E-state index contributed by atoms with van der Waals surface area (Å²) in [6, 6.07) is 1.87. The third kappa shape index (κ3) is 5.09. The topological polar surface area (TPSA) is 80.8 Å². The van der Waals surface area contributed by atoms with Gasteiger partial charge in [0.05, 0.1) is 11.7 Å². The first kappa shape index (κ1) is 18.5. The molecule has 6 nitrogen and oxygen atoms in total. The van der Waals surface area contributed by atoms with E-state index in [9.17, 15) is 4.79 Å². The number of nitrogens with zero attached hydrogens (tertiary/aromatic N) is 3. The first-order valence-corrected chi connectivity index (χ1v) is 8.47. The van der Waals surface area contributed by atoms with Gasteiger partial charge in [-0.05, 0) is 52.2 Å². The van der Waals surface area contributed by atoms with Crippen LogP contribution >= 0.6 is 11.6 Å². The van der Waals surface area contributed by atoms with Crippen molar-refractivity contribution in [2.24, 2.45) is 4.99 Å². The van der Waals surface area contributed by atoms with Crippen LogP contribution < -0.4 is 5.73 Å². The molecule has 2 N–H and O–H groups in total. The molecule has 1 amide bonds. The lowest BCUT2D eigenvalue weighted by atomic mass is 10.1. The number of hydrogen-bond donors (Lipinski definition) is 1. The second-order valence-corrected chi connectivity index (χ2v) is 7.42. The number of halogens is 1. The van der Waals surface area contributed by atoms with Gasteiger partial charge in [0.2, 0.25) is 0 Å². The van der Waals surface area contributed by atoms with E-state index in [0.29, 0.717) is 29.6 Å². The molecule has 0 unspecified atom stereocenters. The standard InChI is InChI=1S/C17H25ClN4O2/c1-11-9-14(18)21-13(15(11)19)10-20-12-5-7-22(8-6-12)16(23)24-17(2,3)4/h9-10,12H,5-8,19H2,1-4H3. The van der Waals surface area contributed by atoms with Crippen molar-refractivity contribution in [1.29, 1.82) is 0 Å². The molecule has 1 aliphatic heterocycles. The van der Waals surface area contributed by atoms with Crippen LogP contribution in [0.4, 0.5) is 10.5 Å². The van der Waals surface area contributed by atoms with Crippen molar-refractivity contribution < 1.29 is 9.53 Å². The number of anilines is 1. The largest absolute Gasteiger partial charge is 0.444 e. The van der Waals surface area contributed by atoms with Crippen LogP contribution in [0.25, 0.3) is 0 Å². The summed E-state index contributed by atoms with van der Waals surface area (Å²) < 4.78 is 5.39. The summed E-state index contributed by atoms with van der Waals surface area (Å²) in [7, 11) is 0. The summed E-state index contributed by atoms with van der Waals surface area (Å²) in [6.45, 7) is 8.76. The minimum Gasteiger partial charge on any atom is -0.444 e. The van der Waals surface area contributed by atoms with Crippen molar-refractivity contribution in [3.8, 4) is 0 Å². The van der Waals surface area contributed by atoms with E-state index in [1.165, 1.54) is 0 Å². The van der Waals surface area contributed by atoms with Crippen LogP contribution in [0.1, 0.15) is 44.9 Å². The lowest BCUT2D eigenvalue weighted by molar-refractivity contribution is 0.0207. The van der Waals surface area contributed by atoms with Crippen LogP contribution in [0, 0.1) is 6.92 Å². The quantitative estimate of drug-likeness (QED) is 0.653. The van der Waals surface area contributed by atoms with Crippen molar-refractivity contribution in [1.82, 2.24) is 9.88 Å². The molecule has 0 aromatic carbocycles. The molecule has 0 saturated carbocycles. The van der Waals surface area contributed by atoms with Crippen LogP contribution in [0.15, 0.2) is 11.1 Å². The Bertz CT molecular complexity index is 632. The van der Waals surface area contributed by atoms with Gasteiger partial charge in [-0.15, -0.1) is 0 Å². The van der Waals surface area contributed by atoms with E-state index in [4.69, 9.17) is 22.1 Å². The molecule has 2 rings (SSSR count). The number of piperidine rings is 1. The molecule has 1 fully saturated rings. The van der Waals surface area contributed by atoms with Crippen molar-refractivity contribution in [2.75, 3.05) is 18.8 Å². The summed E-state index contributed by atoms with van der Waals surface area (Å²) in [4.78, 5) is 22.5. The summed E-state index contributed by atoms with van der Waals surface area (Å²) in [5, 5.41) is 0.405. The van der Waals surface area contributed by atoms with Gasteiger partial charge >= 0.3 is 6.09 Å². The van der Waals surface area contributed by atoms with Crippen LogP contribution in [-0.4, -0.2) is 46.9 Å². The molecule has 1 aliphatic rings. The SMILES string of the molecule is Cc1cc(Cl)nc(C=NC2CCN(C(=O)OC(C)(C)C)CC2)c1N. The van der Waals surface area contributed by atoms with Crippen LogP contribution in [0.3, 0.4) is 0 Å². The van der Waals surface area contributed by atoms with Gasteiger partial charge in [0.15, 0.2) is 0 Å².